The van der Waals surface area contributed by atoms with E-state index in [-0.39, 0.29) is 0 Å². The van der Waals surface area contributed by atoms with Crippen molar-refractivity contribution in [2.24, 2.45) is 5.84 Å². The van der Waals surface area contributed by atoms with Crippen LogP contribution in [0.3, 0.4) is 0 Å². The first-order chi connectivity index (χ1) is 8.38. The summed E-state index contributed by atoms with van der Waals surface area (Å²) in [5.74, 6) is 7.25. The monoisotopic (exact) mass is 245 g/mol. The number of hydrogen-bond donors (Lipinski definition) is 2. The molecule has 4 heteroatoms. The minimum atomic E-state index is 0.893. The second kappa shape index (κ2) is 6.27. The molecule has 0 unspecified atom stereocenters. The van der Waals surface area contributed by atoms with Gasteiger partial charge in [0.1, 0.15) is 0 Å². The SMILES string of the molecule is NNc1ccnc(CSCc2ccccc2)c1. The summed E-state index contributed by atoms with van der Waals surface area (Å²) in [5.41, 5.74) is 5.91. The zero-order chi connectivity index (χ0) is 11.9. The molecule has 2 rings (SSSR count). The van der Waals surface area contributed by atoms with Gasteiger partial charge in [-0.15, -0.1) is 0 Å². The number of hydrazine groups is 1. The average Bonchev–Trinajstić information content (AvgIpc) is 2.40. The lowest BCUT2D eigenvalue weighted by Crippen LogP contribution is -2.07. The second-order valence-electron chi connectivity index (χ2n) is 3.66. The molecule has 17 heavy (non-hydrogen) atoms. The fourth-order valence-electron chi connectivity index (χ4n) is 1.49. The van der Waals surface area contributed by atoms with E-state index >= 15 is 0 Å². The van der Waals surface area contributed by atoms with Crippen LogP contribution in [-0.4, -0.2) is 4.98 Å². The summed E-state index contributed by atoms with van der Waals surface area (Å²) in [4.78, 5) is 4.30. The maximum atomic E-state index is 5.35. The number of anilines is 1. The average molecular weight is 245 g/mol. The lowest BCUT2D eigenvalue weighted by atomic mass is 10.2. The van der Waals surface area contributed by atoms with Crippen LogP contribution in [0.4, 0.5) is 5.69 Å². The molecule has 0 fully saturated rings. The Kier molecular flexibility index (Phi) is 4.41. The summed E-state index contributed by atoms with van der Waals surface area (Å²) in [7, 11) is 0. The molecule has 0 aliphatic rings. The Morgan fingerprint density at radius 1 is 1.12 bits per heavy atom. The minimum absolute atomic E-state index is 0.893. The summed E-state index contributed by atoms with van der Waals surface area (Å²) in [6, 6.07) is 14.3. The molecule has 1 heterocycles. The van der Waals surface area contributed by atoms with Gasteiger partial charge in [0.05, 0.1) is 11.4 Å². The van der Waals surface area contributed by atoms with Crippen molar-refractivity contribution >= 4 is 17.4 Å². The zero-order valence-corrected chi connectivity index (χ0v) is 10.3. The highest BCUT2D eigenvalue weighted by molar-refractivity contribution is 7.97. The molecule has 0 radical (unpaired) electrons. The lowest BCUT2D eigenvalue weighted by molar-refractivity contribution is 1.16. The van der Waals surface area contributed by atoms with Crippen molar-refractivity contribution < 1.29 is 0 Å². The maximum absolute atomic E-state index is 5.35. The van der Waals surface area contributed by atoms with Crippen LogP contribution in [0.1, 0.15) is 11.3 Å². The number of pyridine rings is 1. The fraction of sp³-hybridized carbons (Fsp3) is 0.154. The van der Waals surface area contributed by atoms with E-state index in [9.17, 15) is 0 Å². The van der Waals surface area contributed by atoms with Gasteiger partial charge in [-0.2, -0.15) is 11.8 Å². The Labute approximate surface area is 105 Å². The normalized spacial score (nSPS) is 10.2. The highest BCUT2D eigenvalue weighted by Gasteiger charge is 1.98. The van der Waals surface area contributed by atoms with Crippen LogP contribution in [0.2, 0.25) is 0 Å². The van der Waals surface area contributed by atoms with Crippen molar-refractivity contribution in [2.75, 3.05) is 5.43 Å². The van der Waals surface area contributed by atoms with E-state index in [4.69, 9.17) is 5.84 Å². The molecule has 3 N–H and O–H groups in total. The summed E-state index contributed by atoms with van der Waals surface area (Å²) < 4.78 is 0. The van der Waals surface area contributed by atoms with Crippen molar-refractivity contribution in [3.05, 3.63) is 59.9 Å². The van der Waals surface area contributed by atoms with E-state index in [1.54, 1.807) is 6.20 Å². The number of nitrogens with two attached hydrogens (primary N) is 1. The van der Waals surface area contributed by atoms with E-state index < -0.39 is 0 Å². The van der Waals surface area contributed by atoms with Crippen LogP contribution in [0.5, 0.6) is 0 Å². The molecule has 0 amide bonds. The molecule has 0 aliphatic carbocycles. The van der Waals surface area contributed by atoms with Gasteiger partial charge >= 0.3 is 0 Å². The highest BCUT2D eigenvalue weighted by Crippen LogP contribution is 2.17. The molecule has 1 aromatic heterocycles. The van der Waals surface area contributed by atoms with E-state index in [1.807, 2.05) is 30.0 Å². The first-order valence-corrected chi connectivity index (χ1v) is 6.57. The number of nitrogens with one attached hydrogen (secondary N) is 1. The van der Waals surface area contributed by atoms with E-state index in [1.165, 1.54) is 5.56 Å². The molecule has 0 saturated heterocycles. The number of aromatic nitrogens is 1. The largest absolute Gasteiger partial charge is 0.324 e. The van der Waals surface area contributed by atoms with Gasteiger partial charge in [-0.25, -0.2) is 0 Å². The third-order valence-electron chi connectivity index (χ3n) is 2.34. The van der Waals surface area contributed by atoms with Gasteiger partial charge in [-0.1, -0.05) is 30.3 Å². The molecule has 0 saturated carbocycles. The summed E-state index contributed by atoms with van der Waals surface area (Å²) in [6.45, 7) is 0. The van der Waals surface area contributed by atoms with Crippen LogP contribution >= 0.6 is 11.8 Å². The second-order valence-corrected chi connectivity index (χ2v) is 4.64. The first-order valence-electron chi connectivity index (χ1n) is 5.41. The van der Waals surface area contributed by atoms with Gasteiger partial charge in [0, 0.05) is 17.7 Å². The Balaban J connectivity index is 1.86. The van der Waals surface area contributed by atoms with Crippen LogP contribution in [0, 0.1) is 0 Å². The number of nitrogens with zero attached hydrogens (tertiary/aromatic N) is 1. The standard InChI is InChI=1S/C13H15N3S/c14-16-12-6-7-15-13(8-12)10-17-9-11-4-2-1-3-5-11/h1-8H,9-10,14H2,(H,15,16). The van der Waals surface area contributed by atoms with Crippen LogP contribution in [-0.2, 0) is 11.5 Å². The van der Waals surface area contributed by atoms with Gasteiger partial charge in [0.2, 0.25) is 0 Å². The van der Waals surface area contributed by atoms with Crippen LogP contribution in [0.15, 0.2) is 48.7 Å². The van der Waals surface area contributed by atoms with Crippen LogP contribution in [0.25, 0.3) is 0 Å². The molecule has 0 aliphatic heterocycles. The number of nitrogen functional groups attached to an aromatic ring is 1. The molecule has 2 aromatic rings. The Morgan fingerprint density at radius 2 is 1.94 bits per heavy atom. The predicted octanol–water partition coefficient (Wildman–Crippen LogP) is 2.80. The Bertz CT molecular complexity index is 459. The maximum Gasteiger partial charge on any atom is 0.0523 e. The summed E-state index contributed by atoms with van der Waals surface area (Å²) >= 11 is 1.85. The zero-order valence-electron chi connectivity index (χ0n) is 9.47. The van der Waals surface area contributed by atoms with Crippen LogP contribution < -0.4 is 11.3 Å². The van der Waals surface area contributed by atoms with Crippen molar-refractivity contribution in [2.45, 2.75) is 11.5 Å². The third-order valence-corrected chi connectivity index (χ3v) is 3.38. The van der Waals surface area contributed by atoms with E-state index in [0.29, 0.717) is 0 Å². The van der Waals surface area contributed by atoms with E-state index in [2.05, 4.69) is 34.7 Å². The number of rotatable bonds is 5. The van der Waals surface area contributed by atoms with Crippen molar-refractivity contribution in [1.29, 1.82) is 0 Å². The van der Waals surface area contributed by atoms with Crippen molar-refractivity contribution in [3.63, 3.8) is 0 Å². The molecular weight excluding hydrogens is 230 g/mol. The Morgan fingerprint density at radius 3 is 2.71 bits per heavy atom. The number of benzene rings is 1. The third kappa shape index (κ3) is 3.76. The fourth-order valence-corrected chi connectivity index (χ4v) is 2.39. The summed E-state index contributed by atoms with van der Waals surface area (Å²) in [5, 5.41) is 0. The number of hydrogen-bond acceptors (Lipinski definition) is 4. The Hall–Kier alpha value is -1.52. The quantitative estimate of drug-likeness (QED) is 0.628. The number of thioether (sulfide) groups is 1. The molecule has 0 spiro atoms. The van der Waals surface area contributed by atoms with Gasteiger partial charge in [-0.3, -0.25) is 10.8 Å². The van der Waals surface area contributed by atoms with Gasteiger partial charge in [-0.05, 0) is 17.7 Å². The lowest BCUT2D eigenvalue weighted by Gasteiger charge is -2.04. The molecular formula is C13H15N3S. The molecule has 1 aromatic carbocycles. The first kappa shape index (κ1) is 12.0. The van der Waals surface area contributed by atoms with Gasteiger partial charge in [0.15, 0.2) is 0 Å². The minimum Gasteiger partial charge on any atom is -0.324 e. The molecule has 88 valence electrons. The molecule has 0 bridgehead atoms. The van der Waals surface area contributed by atoms with Gasteiger partial charge in [0.25, 0.3) is 0 Å². The van der Waals surface area contributed by atoms with Gasteiger partial charge < -0.3 is 5.43 Å². The van der Waals surface area contributed by atoms with E-state index in [0.717, 1.165) is 22.9 Å². The van der Waals surface area contributed by atoms with Crippen molar-refractivity contribution in [1.82, 2.24) is 4.98 Å². The topological polar surface area (TPSA) is 50.9 Å². The summed E-state index contributed by atoms with van der Waals surface area (Å²) in [6.07, 6.45) is 1.77. The molecule has 0 atom stereocenters. The molecule has 3 nitrogen and oxygen atoms in total. The predicted molar refractivity (Wildman–Crippen MR) is 73.5 cm³/mol. The highest BCUT2D eigenvalue weighted by atomic mass is 32.2. The van der Waals surface area contributed by atoms with Crippen molar-refractivity contribution in [3.8, 4) is 0 Å². The smallest absolute Gasteiger partial charge is 0.0523 e.